The second-order valence-corrected chi connectivity index (χ2v) is 5.15. The first-order chi connectivity index (χ1) is 9.90. The van der Waals surface area contributed by atoms with E-state index in [9.17, 15) is 30.7 Å². The lowest BCUT2D eigenvalue weighted by Gasteiger charge is -2.32. The van der Waals surface area contributed by atoms with Gasteiger partial charge in [0.25, 0.3) is 11.8 Å². The molecule has 0 bridgehead atoms. The van der Waals surface area contributed by atoms with Crippen molar-refractivity contribution in [2.45, 2.75) is 37.8 Å². The van der Waals surface area contributed by atoms with Crippen molar-refractivity contribution in [3.05, 3.63) is 17.6 Å². The van der Waals surface area contributed by atoms with Crippen molar-refractivity contribution in [1.82, 2.24) is 9.97 Å². The van der Waals surface area contributed by atoms with E-state index in [-0.39, 0.29) is 25.8 Å². The molecule has 0 radical (unpaired) electrons. The van der Waals surface area contributed by atoms with E-state index in [2.05, 4.69) is 9.97 Å². The Balaban J connectivity index is 2.36. The highest BCUT2D eigenvalue weighted by atomic mass is 19.4. The van der Waals surface area contributed by atoms with Crippen LogP contribution in [0.2, 0.25) is 0 Å². The summed E-state index contributed by atoms with van der Waals surface area (Å²) in [6.07, 6.45) is -5.44. The van der Waals surface area contributed by atoms with Crippen LogP contribution in [0.15, 0.2) is 6.20 Å². The van der Waals surface area contributed by atoms with Gasteiger partial charge in [-0.1, -0.05) is 0 Å². The summed E-state index contributed by atoms with van der Waals surface area (Å²) in [7, 11) is 0. The van der Waals surface area contributed by atoms with Crippen LogP contribution in [-0.4, -0.2) is 29.0 Å². The van der Waals surface area contributed by atoms with Crippen LogP contribution >= 0.6 is 0 Å². The lowest BCUT2D eigenvalue weighted by atomic mass is 10.1. The minimum Gasteiger partial charge on any atom is -0.355 e. The molecule has 22 heavy (non-hydrogen) atoms. The van der Waals surface area contributed by atoms with Gasteiger partial charge in [-0.3, -0.25) is 0 Å². The van der Waals surface area contributed by atoms with Crippen LogP contribution in [0.4, 0.5) is 36.6 Å². The maximum atomic E-state index is 13.2. The van der Waals surface area contributed by atoms with Gasteiger partial charge in [-0.25, -0.2) is 18.7 Å². The molecule has 1 saturated heterocycles. The summed E-state index contributed by atoms with van der Waals surface area (Å²) in [6.45, 7) is -0.158. The fourth-order valence-corrected chi connectivity index (χ4v) is 2.11. The normalized spacial score (nSPS) is 19.4. The number of aromatic nitrogens is 2. The lowest BCUT2D eigenvalue weighted by molar-refractivity contribution is -0.145. The Labute approximate surface area is 121 Å². The molecule has 0 spiro atoms. The van der Waals surface area contributed by atoms with Gasteiger partial charge in [0, 0.05) is 32.9 Å². The zero-order chi connectivity index (χ0) is 16.8. The summed E-state index contributed by atoms with van der Waals surface area (Å²) >= 11 is 0. The smallest absolute Gasteiger partial charge is 0.355 e. The minimum absolute atomic E-state index is 0.221. The third kappa shape index (κ3) is 3.58. The van der Waals surface area contributed by atoms with E-state index in [4.69, 9.17) is 0 Å². The Morgan fingerprint density at radius 1 is 1.05 bits per heavy atom. The van der Waals surface area contributed by atoms with Gasteiger partial charge in [-0.05, 0) is 0 Å². The summed E-state index contributed by atoms with van der Waals surface area (Å²) in [4.78, 5) is 7.54. The molecule has 1 aliphatic heterocycles. The van der Waals surface area contributed by atoms with Gasteiger partial charge in [-0.15, -0.1) is 0 Å². The number of rotatable bonds is 2. The highest BCUT2D eigenvalue weighted by Gasteiger charge is 2.44. The van der Waals surface area contributed by atoms with Crippen molar-refractivity contribution >= 4 is 5.82 Å². The number of anilines is 1. The van der Waals surface area contributed by atoms with Gasteiger partial charge in [0.2, 0.25) is 0 Å². The molecule has 10 heteroatoms. The van der Waals surface area contributed by atoms with Crippen LogP contribution in [0.1, 0.15) is 31.2 Å². The third-order valence-electron chi connectivity index (χ3n) is 3.26. The van der Waals surface area contributed by atoms with E-state index in [1.807, 2.05) is 0 Å². The van der Waals surface area contributed by atoms with Crippen molar-refractivity contribution in [3.8, 4) is 0 Å². The monoisotopic (exact) mass is 331 g/mol. The molecule has 1 aromatic rings. The largest absolute Gasteiger partial charge is 0.435 e. The molecule has 1 aromatic heterocycles. The fourth-order valence-electron chi connectivity index (χ4n) is 2.11. The van der Waals surface area contributed by atoms with Crippen molar-refractivity contribution < 1.29 is 30.7 Å². The molecule has 0 atom stereocenters. The summed E-state index contributed by atoms with van der Waals surface area (Å²) < 4.78 is 91.1. The molecule has 2 rings (SSSR count). The average molecular weight is 331 g/mol. The minimum atomic E-state index is -5.11. The number of hydrogen-bond acceptors (Lipinski definition) is 3. The average Bonchev–Trinajstić information content (AvgIpc) is 2.36. The van der Waals surface area contributed by atoms with Crippen LogP contribution in [0, 0.1) is 0 Å². The van der Waals surface area contributed by atoms with Gasteiger partial charge in [-0.2, -0.15) is 22.0 Å². The lowest BCUT2D eigenvalue weighted by Crippen LogP contribution is -2.40. The van der Waals surface area contributed by atoms with E-state index in [0.717, 1.165) is 6.20 Å². The SMILES string of the molecule is CC(F)(F)c1ncc(N2CCC(F)(F)CC2)nc1C(F)(F)F. The molecule has 0 aromatic carbocycles. The first kappa shape index (κ1) is 16.8. The fraction of sp³-hybridized carbons (Fsp3) is 0.667. The molecule has 0 saturated carbocycles. The maximum Gasteiger partial charge on any atom is 0.435 e. The van der Waals surface area contributed by atoms with Crippen LogP contribution < -0.4 is 4.90 Å². The number of halogens is 7. The van der Waals surface area contributed by atoms with Crippen LogP contribution in [0.25, 0.3) is 0 Å². The zero-order valence-electron chi connectivity index (χ0n) is 11.4. The molecular formula is C12H12F7N3. The Morgan fingerprint density at radius 2 is 1.59 bits per heavy atom. The first-order valence-electron chi connectivity index (χ1n) is 6.35. The topological polar surface area (TPSA) is 29.0 Å². The van der Waals surface area contributed by atoms with E-state index in [1.165, 1.54) is 4.90 Å². The van der Waals surface area contributed by atoms with Gasteiger partial charge < -0.3 is 4.90 Å². The zero-order valence-corrected chi connectivity index (χ0v) is 11.4. The first-order valence-corrected chi connectivity index (χ1v) is 6.35. The second kappa shape index (κ2) is 5.24. The summed E-state index contributed by atoms with van der Waals surface area (Å²) in [6, 6.07) is 0. The van der Waals surface area contributed by atoms with Gasteiger partial charge in [0.05, 0.1) is 6.20 Å². The Hall–Kier alpha value is -1.61. The number of hydrogen-bond donors (Lipinski definition) is 0. The molecule has 0 aliphatic carbocycles. The van der Waals surface area contributed by atoms with E-state index in [0.29, 0.717) is 0 Å². The number of alkyl halides is 7. The summed E-state index contributed by atoms with van der Waals surface area (Å²) in [5.74, 6) is -7.03. The van der Waals surface area contributed by atoms with Crippen LogP contribution in [0.3, 0.4) is 0 Å². The summed E-state index contributed by atoms with van der Waals surface area (Å²) in [5, 5.41) is 0. The quantitative estimate of drug-likeness (QED) is 0.771. The predicted molar refractivity (Wildman–Crippen MR) is 63.0 cm³/mol. The van der Waals surface area contributed by atoms with Crippen LogP contribution in [0.5, 0.6) is 0 Å². The van der Waals surface area contributed by atoms with Gasteiger partial charge in [0.15, 0.2) is 5.69 Å². The van der Waals surface area contributed by atoms with Crippen molar-refractivity contribution in [2.24, 2.45) is 0 Å². The molecule has 0 amide bonds. The Morgan fingerprint density at radius 3 is 2.05 bits per heavy atom. The predicted octanol–water partition coefficient (Wildman–Crippen LogP) is 3.84. The van der Waals surface area contributed by atoms with Gasteiger partial charge in [0.1, 0.15) is 11.5 Å². The molecule has 2 heterocycles. The highest BCUT2D eigenvalue weighted by Crippen LogP contribution is 2.38. The number of nitrogens with zero attached hydrogens (tertiary/aromatic N) is 3. The second-order valence-electron chi connectivity index (χ2n) is 5.15. The standard InChI is InChI=1S/C12H12F7N3/c1-10(13,14)8-9(12(17,18)19)21-7(6-20-8)22-4-2-11(15,16)3-5-22/h6H,2-5H2,1H3. The Bertz CT molecular complexity index is 541. The Kier molecular flexibility index (Phi) is 3.99. The molecule has 124 valence electrons. The molecular weight excluding hydrogens is 319 g/mol. The van der Waals surface area contributed by atoms with Crippen molar-refractivity contribution in [3.63, 3.8) is 0 Å². The molecule has 1 aliphatic rings. The van der Waals surface area contributed by atoms with E-state index < -0.39 is 42.3 Å². The molecule has 0 unspecified atom stereocenters. The van der Waals surface area contributed by atoms with Gasteiger partial charge >= 0.3 is 6.18 Å². The molecule has 3 nitrogen and oxygen atoms in total. The highest BCUT2D eigenvalue weighted by molar-refractivity contribution is 5.40. The van der Waals surface area contributed by atoms with Crippen molar-refractivity contribution in [2.75, 3.05) is 18.0 Å². The van der Waals surface area contributed by atoms with E-state index >= 15 is 0 Å². The maximum absolute atomic E-state index is 13.2. The summed E-state index contributed by atoms with van der Waals surface area (Å²) in [5.41, 5.74) is -3.28. The third-order valence-corrected chi connectivity index (χ3v) is 3.26. The molecule has 1 fully saturated rings. The van der Waals surface area contributed by atoms with Crippen LogP contribution in [-0.2, 0) is 12.1 Å². The number of piperidine rings is 1. The van der Waals surface area contributed by atoms with E-state index in [1.54, 1.807) is 0 Å². The van der Waals surface area contributed by atoms with Crippen molar-refractivity contribution in [1.29, 1.82) is 0 Å². The molecule has 0 N–H and O–H groups in total.